The summed E-state index contributed by atoms with van der Waals surface area (Å²) in [6, 6.07) is 4.56. The highest BCUT2D eigenvalue weighted by Gasteiger charge is 2.37. The topological polar surface area (TPSA) is 69.6 Å². The van der Waals surface area contributed by atoms with Gasteiger partial charge in [-0.3, -0.25) is 0 Å². The Morgan fingerprint density at radius 3 is 2.78 bits per heavy atom. The summed E-state index contributed by atoms with van der Waals surface area (Å²) in [6.07, 6.45) is 3.30. The van der Waals surface area contributed by atoms with Crippen LogP contribution in [0, 0.1) is 5.82 Å². The lowest BCUT2D eigenvalue weighted by molar-refractivity contribution is 0.148. The van der Waals surface area contributed by atoms with Crippen LogP contribution in [-0.4, -0.2) is 20.2 Å². The Labute approximate surface area is 104 Å². The molecule has 6 heteroatoms. The maximum Gasteiger partial charge on any atom is 0.182 e. The van der Waals surface area contributed by atoms with Crippen molar-refractivity contribution in [3.63, 3.8) is 0 Å². The molecule has 0 aliphatic heterocycles. The second kappa shape index (κ2) is 3.76. The maximum absolute atomic E-state index is 13.2. The van der Waals surface area contributed by atoms with E-state index in [2.05, 4.69) is 22.4 Å². The Hall–Kier alpha value is -1.98. The smallest absolute Gasteiger partial charge is 0.182 e. The predicted octanol–water partition coefficient (Wildman–Crippen LogP) is 1.96. The van der Waals surface area contributed by atoms with Crippen LogP contribution in [0.5, 0.6) is 0 Å². The number of aromatic nitrogens is 4. The van der Waals surface area contributed by atoms with Crippen molar-refractivity contribution >= 4 is 5.69 Å². The summed E-state index contributed by atoms with van der Waals surface area (Å²) < 4.78 is 15.0. The summed E-state index contributed by atoms with van der Waals surface area (Å²) in [4.78, 5) is 0. The molecule has 1 aliphatic rings. The molecular formula is C12H14FN5. The highest BCUT2D eigenvalue weighted by Crippen LogP contribution is 2.40. The third-order valence-electron chi connectivity index (χ3n) is 3.67. The summed E-state index contributed by atoms with van der Waals surface area (Å²) in [5.74, 6) is 0.219. The van der Waals surface area contributed by atoms with Crippen molar-refractivity contribution in [3.05, 3.63) is 24.0 Å². The van der Waals surface area contributed by atoms with Crippen molar-refractivity contribution in [2.45, 2.75) is 31.7 Å². The molecule has 1 fully saturated rings. The van der Waals surface area contributed by atoms with Gasteiger partial charge in [0.15, 0.2) is 5.82 Å². The molecule has 2 N–H and O–H groups in total. The zero-order valence-electron chi connectivity index (χ0n) is 10.1. The second-order valence-electron chi connectivity index (χ2n) is 5.00. The minimum Gasteiger partial charge on any atom is -0.396 e. The number of hydrogen-bond donors (Lipinski definition) is 1. The van der Waals surface area contributed by atoms with Gasteiger partial charge in [0, 0.05) is 5.56 Å². The molecule has 1 saturated carbocycles. The molecule has 0 bridgehead atoms. The highest BCUT2D eigenvalue weighted by molar-refractivity contribution is 5.61. The van der Waals surface area contributed by atoms with Crippen LogP contribution in [0.2, 0.25) is 0 Å². The normalized spacial score (nSPS) is 17.4. The van der Waals surface area contributed by atoms with E-state index >= 15 is 0 Å². The lowest BCUT2D eigenvalue weighted by Gasteiger charge is -2.38. The predicted molar refractivity (Wildman–Crippen MR) is 65.1 cm³/mol. The monoisotopic (exact) mass is 247 g/mol. The van der Waals surface area contributed by atoms with Gasteiger partial charge in [0.2, 0.25) is 0 Å². The van der Waals surface area contributed by atoms with Gasteiger partial charge in [0.05, 0.1) is 11.2 Å². The Bertz CT molecular complexity index is 588. The molecule has 1 aromatic carbocycles. The fraction of sp³-hybridized carbons (Fsp3) is 0.417. The molecule has 0 atom stereocenters. The van der Waals surface area contributed by atoms with Crippen LogP contribution < -0.4 is 5.73 Å². The third kappa shape index (κ3) is 1.56. The minimum absolute atomic E-state index is 0.0258. The van der Waals surface area contributed by atoms with E-state index in [1.54, 1.807) is 12.1 Å². The van der Waals surface area contributed by atoms with E-state index in [0.717, 1.165) is 18.4 Å². The van der Waals surface area contributed by atoms with Crippen molar-refractivity contribution in [2.24, 2.45) is 0 Å². The van der Waals surface area contributed by atoms with Crippen LogP contribution in [0.3, 0.4) is 0 Å². The number of benzene rings is 1. The lowest BCUT2D eigenvalue weighted by atomic mass is 9.78. The average Bonchev–Trinajstić information content (AvgIpc) is 2.79. The van der Waals surface area contributed by atoms with E-state index in [4.69, 9.17) is 5.73 Å². The van der Waals surface area contributed by atoms with Crippen molar-refractivity contribution in [1.82, 2.24) is 20.2 Å². The van der Waals surface area contributed by atoms with Gasteiger partial charge < -0.3 is 5.73 Å². The first-order chi connectivity index (χ1) is 8.60. The fourth-order valence-electron chi connectivity index (χ4n) is 2.31. The van der Waals surface area contributed by atoms with Gasteiger partial charge in [-0.2, -0.15) is 0 Å². The molecule has 1 heterocycles. The SMILES string of the molecule is CC1(n2nnnc2-c2ccc(F)c(N)c2)CCC1. The van der Waals surface area contributed by atoms with E-state index in [0.29, 0.717) is 5.82 Å². The van der Waals surface area contributed by atoms with E-state index in [-0.39, 0.29) is 11.2 Å². The zero-order chi connectivity index (χ0) is 12.8. The summed E-state index contributed by atoms with van der Waals surface area (Å²) >= 11 is 0. The standard InChI is InChI=1S/C12H14FN5/c1-12(5-2-6-12)18-11(15-16-17-18)8-3-4-9(13)10(14)7-8/h3-4,7H,2,5-6,14H2,1H3. The molecule has 94 valence electrons. The van der Waals surface area contributed by atoms with Crippen molar-refractivity contribution < 1.29 is 4.39 Å². The Morgan fingerprint density at radius 2 is 2.17 bits per heavy atom. The van der Waals surface area contributed by atoms with Gasteiger partial charge in [0.25, 0.3) is 0 Å². The van der Waals surface area contributed by atoms with Crippen LogP contribution >= 0.6 is 0 Å². The molecule has 5 nitrogen and oxygen atoms in total. The first-order valence-electron chi connectivity index (χ1n) is 5.94. The lowest BCUT2D eigenvalue weighted by Crippen LogP contribution is -2.38. The first kappa shape index (κ1) is 11.1. The van der Waals surface area contributed by atoms with Crippen molar-refractivity contribution in [3.8, 4) is 11.4 Å². The number of anilines is 1. The highest BCUT2D eigenvalue weighted by atomic mass is 19.1. The van der Waals surface area contributed by atoms with E-state index in [1.807, 2.05) is 4.68 Å². The number of hydrogen-bond acceptors (Lipinski definition) is 4. The third-order valence-corrected chi connectivity index (χ3v) is 3.67. The summed E-state index contributed by atoms with van der Waals surface area (Å²) in [5.41, 5.74) is 6.41. The molecule has 0 unspecified atom stereocenters. The molecule has 18 heavy (non-hydrogen) atoms. The van der Waals surface area contributed by atoms with Gasteiger partial charge in [-0.1, -0.05) is 0 Å². The van der Waals surface area contributed by atoms with E-state index in [9.17, 15) is 4.39 Å². The minimum atomic E-state index is -0.423. The molecule has 0 amide bonds. The number of halogens is 1. The van der Waals surface area contributed by atoms with Crippen LogP contribution in [0.4, 0.5) is 10.1 Å². The quantitative estimate of drug-likeness (QED) is 0.823. The first-order valence-corrected chi connectivity index (χ1v) is 5.94. The van der Waals surface area contributed by atoms with Crippen LogP contribution in [0.1, 0.15) is 26.2 Å². The van der Waals surface area contributed by atoms with E-state index in [1.165, 1.54) is 12.5 Å². The summed E-state index contributed by atoms with van der Waals surface area (Å²) in [7, 11) is 0. The van der Waals surface area contributed by atoms with Gasteiger partial charge >= 0.3 is 0 Å². The Morgan fingerprint density at radius 1 is 1.39 bits per heavy atom. The number of nitrogens with zero attached hydrogens (tertiary/aromatic N) is 4. The molecule has 0 radical (unpaired) electrons. The molecular weight excluding hydrogens is 233 g/mol. The van der Waals surface area contributed by atoms with Gasteiger partial charge in [-0.25, -0.2) is 9.07 Å². The van der Waals surface area contributed by atoms with Gasteiger partial charge in [0.1, 0.15) is 5.82 Å². The molecule has 1 aromatic heterocycles. The Kier molecular flexibility index (Phi) is 2.33. The number of nitrogen functional groups attached to an aromatic ring is 1. The van der Waals surface area contributed by atoms with Crippen LogP contribution in [0.25, 0.3) is 11.4 Å². The largest absolute Gasteiger partial charge is 0.396 e. The fourth-order valence-corrected chi connectivity index (χ4v) is 2.31. The number of rotatable bonds is 2. The second-order valence-corrected chi connectivity index (χ2v) is 5.00. The number of nitrogens with two attached hydrogens (primary N) is 1. The average molecular weight is 247 g/mol. The van der Waals surface area contributed by atoms with Crippen molar-refractivity contribution in [2.75, 3.05) is 5.73 Å². The maximum atomic E-state index is 13.2. The van der Waals surface area contributed by atoms with Crippen molar-refractivity contribution in [1.29, 1.82) is 0 Å². The molecule has 3 rings (SSSR count). The van der Waals surface area contributed by atoms with Gasteiger partial charge in [-0.15, -0.1) is 5.10 Å². The van der Waals surface area contributed by atoms with Crippen LogP contribution in [-0.2, 0) is 5.54 Å². The zero-order valence-corrected chi connectivity index (χ0v) is 10.1. The summed E-state index contributed by atoms with van der Waals surface area (Å²) in [5, 5.41) is 11.8. The molecule has 2 aromatic rings. The van der Waals surface area contributed by atoms with E-state index < -0.39 is 5.82 Å². The number of tetrazole rings is 1. The molecule has 1 aliphatic carbocycles. The molecule has 0 spiro atoms. The molecule has 0 saturated heterocycles. The Balaban J connectivity index is 2.07. The van der Waals surface area contributed by atoms with Gasteiger partial charge in [-0.05, 0) is 54.8 Å². The van der Waals surface area contributed by atoms with Crippen LogP contribution in [0.15, 0.2) is 18.2 Å². The summed E-state index contributed by atoms with van der Waals surface area (Å²) in [6.45, 7) is 2.13.